The zero-order valence-electron chi connectivity index (χ0n) is 13.4. The van der Waals surface area contributed by atoms with Gasteiger partial charge in [-0.05, 0) is 38.3 Å². The topological polar surface area (TPSA) is 81.4 Å². The molecule has 0 saturated carbocycles. The Hall–Kier alpha value is -2.28. The van der Waals surface area contributed by atoms with E-state index in [9.17, 15) is 4.79 Å². The second-order valence-electron chi connectivity index (χ2n) is 5.81. The maximum atomic E-state index is 12.6. The van der Waals surface area contributed by atoms with Crippen molar-refractivity contribution in [1.29, 1.82) is 0 Å². The summed E-state index contributed by atoms with van der Waals surface area (Å²) in [7, 11) is 0. The number of hydrogen-bond acceptors (Lipinski definition) is 6. The molecular formula is C16H20N4O3. The van der Waals surface area contributed by atoms with E-state index in [4.69, 9.17) is 9.26 Å². The predicted octanol–water partition coefficient (Wildman–Crippen LogP) is 1.90. The molecule has 1 saturated heterocycles. The molecule has 0 spiro atoms. The van der Waals surface area contributed by atoms with Crippen molar-refractivity contribution >= 4 is 5.91 Å². The van der Waals surface area contributed by atoms with Crippen LogP contribution in [0.3, 0.4) is 0 Å². The number of carbonyl (C=O) groups excluding carboxylic acids is 1. The summed E-state index contributed by atoms with van der Waals surface area (Å²) in [5.74, 6) is 1.06. The molecule has 1 fully saturated rings. The molecule has 1 atom stereocenters. The van der Waals surface area contributed by atoms with Crippen LogP contribution in [0.15, 0.2) is 23.0 Å². The molecule has 1 amide bonds. The fraction of sp³-hybridized carbons (Fsp3) is 0.500. The minimum absolute atomic E-state index is 0.00290. The Bertz CT molecular complexity index is 685. The van der Waals surface area contributed by atoms with Crippen LogP contribution < -0.4 is 0 Å². The number of likely N-dealkylation sites (tertiary alicyclic amines) is 1. The number of aromatic nitrogens is 3. The van der Waals surface area contributed by atoms with Crippen molar-refractivity contribution in [3.8, 4) is 0 Å². The van der Waals surface area contributed by atoms with Crippen molar-refractivity contribution in [1.82, 2.24) is 20.0 Å². The van der Waals surface area contributed by atoms with Crippen LogP contribution in [0, 0.1) is 13.8 Å². The summed E-state index contributed by atoms with van der Waals surface area (Å²) in [6.07, 6.45) is 5.17. The van der Waals surface area contributed by atoms with Crippen molar-refractivity contribution < 1.29 is 14.1 Å². The van der Waals surface area contributed by atoms with Crippen molar-refractivity contribution in [2.45, 2.75) is 39.4 Å². The van der Waals surface area contributed by atoms with E-state index < -0.39 is 0 Å². The van der Waals surface area contributed by atoms with E-state index >= 15 is 0 Å². The second kappa shape index (κ2) is 6.87. The third-order valence-corrected chi connectivity index (χ3v) is 3.80. The third kappa shape index (κ3) is 3.92. The van der Waals surface area contributed by atoms with Crippen molar-refractivity contribution in [2.24, 2.45) is 0 Å². The van der Waals surface area contributed by atoms with Crippen LogP contribution in [0.1, 0.15) is 40.5 Å². The average molecular weight is 316 g/mol. The highest BCUT2D eigenvalue weighted by Gasteiger charge is 2.25. The highest BCUT2D eigenvalue weighted by Crippen LogP contribution is 2.17. The molecule has 1 aliphatic heterocycles. The van der Waals surface area contributed by atoms with Crippen LogP contribution >= 0.6 is 0 Å². The van der Waals surface area contributed by atoms with Gasteiger partial charge in [0.05, 0.1) is 11.7 Å². The molecule has 7 nitrogen and oxygen atoms in total. The highest BCUT2D eigenvalue weighted by atomic mass is 16.5. The Balaban J connectivity index is 1.58. The van der Waals surface area contributed by atoms with Gasteiger partial charge in [0.2, 0.25) is 0 Å². The van der Waals surface area contributed by atoms with Crippen molar-refractivity contribution in [3.05, 3.63) is 41.3 Å². The Morgan fingerprint density at radius 1 is 1.43 bits per heavy atom. The van der Waals surface area contributed by atoms with Crippen LogP contribution in [0.2, 0.25) is 0 Å². The van der Waals surface area contributed by atoms with E-state index in [1.54, 1.807) is 19.3 Å². The Morgan fingerprint density at radius 2 is 2.30 bits per heavy atom. The molecule has 0 aromatic carbocycles. The number of pyridine rings is 1. The van der Waals surface area contributed by atoms with Gasteiger partial charge in [0.25, 0.3) is 11.8 Å². The van der Waals surface area contributed by atoms with E-state index in [-0.39, 0.29) is 18.6 Å². The number of piperidine rings is 1. The normalized spacial score (nSPS) is 18.2. The molecule has 3 rings (SSSR count). The minimum Gasteiger partial charge on any atom is -0.367 e. The Morgan fingerprint density at radius 3 is 3.04 bits per heavy atom. The summed E-state index contributed by atoms with van der Waals surface area (Å²) < 4.78 is 10.9. The van der Waals surface area contributed by atoms with E-state index in [2.05, 4.69) is 15.1 Å². The minimum atomic E-state index is -0.0160. The lowest BCUT2D eigenvalue weighted by atomic mass is 10.1. The zero-order valence-corrected chi connectivity index (χ0v) is 13.4. The van der Waals surface area contributed by atoms with Gasteiger partial charge >= 0.3 is 0 Å². The summed E-state index contributed by atoms with van der Waals surface area (Å²) in [4.78, 5) is 22.6. The SMILES string of the molecule is Cc1cncc(C(=O)N2CCCC(OCc3nc(C)no3)C2)c1. The number of nitrogens with zero attached hydrogens (tertiary/aromatic N) is 4. The second-order valence-corrected chi connectivity index (χ2v) is 5.81. The fourth-order valence-corrected chi connectivity index (χ4v) is 2.70. The molecule has 1 aliphatic rings. The maximum Gasteiger partial charge on any atom is 0.255 e. The largest absolute Gasteiger partial charge is 0.367 e. The number of carbonyl (C=O) groups is 1. The summed E-state index contributed by atoms with van der Waals surface area (Å²) in [5, 5.41) is 3.73. The van der Waals surface area contributed by atoms with E-state index in [1.165, 1.54) is 0 Å². The first-order valence-corrected chi connectivity index (χ1v) is 7.73. The van der Waals surface area contributed by atoms with Crippen LogP contribution in [0.25, 0.3) is 0 Å². The lowest BCUT2D eigenvalue weighted by Gasteiger charge is -2.32. The van der Waals surface area contributed by atoms with Gasteiger partial charge in [-0.2, -0.15) is 4.98 Å². The van der Waals surface area contributed by atoms with Gasteiger partial charge in [0, 0.05) is 25.5 Å². The lowest BCUT2D eigenvalue weighted by molar-refractivity contribution is -0.0153. The molecule has 0 bridgehead atoms. The molecule has 0 aliphatic carbocycles. The fourth-order valence-electron chi connectivity index (χ4n) is 2.70. The van der Waals surface area contributed by atoms with E-state index in [1.807, 2.05) is 17.9 Å². The maximum absolute atomic E-state index is 12.6. The summed E-state index contributed by atoms with van der Waals surface area (Å²) >= 11 is 0. The van der Waals surface area contributed by atoms with Crippen LogP contribution in [0.5, 0.6) is 0 Å². The van der Waals surface area contributed by atoms with Gasteiger partial charge in [0.1, 0.15) is 6.61 Å². The third-order valence-electron chi connectivity index (χ3n) is 3.80. The van der Waals surface area contributed by atoms with Gasteiger partial charge in [-0.1, -0.05) is 5.16 Å². The molecule has 7 heteroatoms. The first-order valence-electron chi connectivity index (χ1n) is 7.73. The van der Waals surface area contributed by atoms with Gasteiger partial charge in [-0.3, -0.25) is 9.78 Å². The highest BCUT2D eigenvalue weighted by molar-refractivity contribution is 5.94. The summed E-state index contributed by atoms with van der Waals surface area (Å²) in [5.41, 5.74) is 1.60. The quantitative estimate of drug-likeness (QED) is 0.857. The molecule has 0 radical (unpaired) electrons. The molecule has 2 aromatic rings. The van der Waals surface area contributed by atoms with Gasteiger partial charge in [-0.15, -0.1) is 0 Å². The predicted molar refractivity (Wildman–Crippen MR) is 81.7 cm³/mol. The van der Waals surface area contributed by atoms with Gasteiger partial charge in [-0.25, -0.2) is 0 Å². The van der Waals surface area contributed by atoms with Crippen LogP contribution in [0.4, 0.5) is 0 Å². The Labute approximate surface area is 134 Å². The molecule has 23 heavy (non-hydrogen) atoms. The van der Waals surface area contributed by atoms with Gasteiger partial charge in [0.15, 0.2) is 5.82 Å². The molecule has 122 valence electrons. The monoisotopic (exact) mass is 316 g/mol. The standard InChI is InChI=1S/C16H20N4O3/c1-11-6-13(8-17-7-11)16(21)20-5-3-4-14(9-20)22-10-15-18-12(2)19-23-15/h6-8,14H,3-5,9-10H2,1-2H3. The Kier molecular flexibility index (Phi) is 4.66. The number of aryl methyl sites for hydroxylation is 2. The first-order chi connectivity index (χ1) is 11.1. The zero-order chi connectivity index (χ0) is 16.2. The molecule has 2 aromatic heterocycles. The van der Waals surface area contributed by atoms with E-state index in [0.717, 1.165) is 24.9 Å². The van der Waals surface area contributed by atoms with Crippen LogP contribution in [-0.2, 0) is 11.3 Å². The smallest absolute Gasteiger partial charge is 0.255 e. The average Bonchev–Trinajstić information content (AvgIpc) is 2.98. The number of rotatable bonds is 4. The first kappa shape index (κ1) is 15.6. The lowest BCUT2D eigenvalue weighted by Crippen LogP contribution is -2.43. The van der Waals surface area contributed by atoms with Crippen LogP contribution in [-0.4, -0.2) is 45.1 Å². The molecule has 0 N–H and O–H groups in total. The summed E-state index contributed by atoms with van der Waals surface area (Å²) in [6, 6.07) is 1.86. The molecule has 1 unspecified atom stereocenters. The molecular weight excluding hydrogens is 296 g/mol. The summed E-state index contributed by atoms with van der Waals surface area (Å²) in [6.45, 7) is 5.29. The van der Waals surface area contributed by atoms with Crippen molar-refractivity contribution in [3.63, 3.8) is 0 Å². The van der Waals surface area contributed by atoms with Gasteiger partial charge < -0.3 is 14.2 Å². The number of amides is 1. The molecule has 3 heterocycles. The number of ether oxygens (including phenoxy) is 1. The van der Waals surface area contributed by atoms with Crippen molar-refractivity contribution in [2.75, 3.05) is 13.1 Å². The van der Waals surface area contributed by atoms with E-state index in [0.29, 0.717) is 23.8 Å². The number of hydrogen-bond donors (Lipinski definition) is 0.